The zero-order chi connectivity index (χ0) is 7.56. The summed E-state index contributed by atoms with van der Waals surface area (Å²) in [5.41, 5.74) is 0. The van der Waals surface area contributed by atoms with Gasteiger partial charge in [-0.05, 0) is 25.7 Å². The molecular formula is C8H14O2. The van der Waals surface area contributed by atoms with E-state index in [1.54, 1.807) is 7.11 Å². The minimum absolute atomic E-state index is 0.194. The molecule has 1 rings (SSSR count). The minimum atomic E-state index is -0.194. The highest BCUT2D eigenvalue weighted by Crippen LogP contribution is 2.32. The molecule has 1 aliphatic carbocycles. The van der Waals surface area contributed by atoms with Crippen molar-refractivity contribution in [1.29, 1.82) is 0 Å². The van der Waals surface area contributed by atoms with Crippen LogP contribution in [0.4, 0.5) is 0 Å². The molecular weight excluding hydrogens is 128 g/mol. The minimum Gasteiger partial charge on any atom is -0.374 e. The first-order valence-corrected chi connectivity index (χ1v) is 3.79. The van der Waals surface area contributed by atoms with Gasteiger partial charge in [0.25, 0.3) is 0 Å². The molecule has 0 spiro atoms. The van der Waals surface area contributed by atoms with Gasteiger partial charge in [0, 0.05) is 13.5 Å². The normalized spacial score (nSPS) is 20.6. The second kappa shape index (κ2) is 3.15. The third-order valence-electron chi connectivity index (χ3n) is 1.99. The van der Waals surface area contributed by atoms with Crippen LogP contribution in [0.5, 0.6) is 0 Å². The highest BCUT2D eigenvalue weighted by molar-refractivity contribution is 5.83. The van der Waals surface area contributed by atoms with Crippen LogP contribution in [0.1, 0.15) is 26.2 Å². The van der Waals surface area contributed by atoms with E-state index in [1.807, 2.05) is 6.92 Å². The SMILES string of the molecule is COC(C)C(=O)CC1CC1. The molecule has 1 saturated carbocycles. The Labute approximate surface area is 61.6 Å². The fraction of sp³-hybridized carbons (Fsp3) is 0.875. The van der Waals surface area contributed by atoms with Crippen LogP contribution in [0.3, 0.4) is 0 Å². The highest BCUT2D eigenvalue weighted by atomic mass is 16.5. The van der Waals surface area contributed by atoms with Crippen molar-refractivity contribution in [1.82, 2.24) is 0 Å². The smallest absolute Gasteiger partial charge is 0.161 e. The standard InChI is InChI=1S/C8H14O2/c1-6(10-2)8(9)5-7-3-4-7/h6-7H,3-5H2,1-2H3. The maximum Gasteiger partial charge on any atom is 0.161 e. The number of hydrogen-bond acceptors (Lipinski definition) is 2. The molecule has 0 amide bonds. The van der Waals surface area contributed by atoms with Crippen LogP contribution in [-0.4, -0.2) is 19.0 Å². The highest BCUT2D eigenvalue weighted by Gasteiger charge is 2.26. The van der Waals surface area contributed by atoms with Gasteiger partial charge < -0.3 is 4.74 Å². The summed E-state index contributed by atoms with van der Waals surface area (Å²) < 4.78 is 4.89. The molecule has 1 unspecified atom stereocenters. The van der Waals surface area contributed by atoms with Gasteiger partial charge >= 0.3 is 0 Å². The Morgan fingerprint density at radius 3 is 2.70 bits per heavy atom. The lowest BCUT2D eigenvalue weighted by Crippen LogP contribution is -2.18. The van der Waals surface area contributed by atoms with Crippen molar-refractivity contribution >= 4 is 5.78 Å². The Kier molecular flexibility index (Phi) is 2.44. The van der Waals surface area contributed by atoms with E-state index in [1.165, 1.54) is 12.8 Å². The number of Topliss-reactive ketones (excluding diaryl/α,β-unsaturated/α-hetero) is 1. The molecule has 10 heavy (non-hydrogen) atoms. The Bertz CT molecular complexity index is 127. The van der Waals surface area contributed by atoms with Crippen LogP contribution in [0.25, 0.3) is 0 Å². The molecule has 0 N–H and O–H groups in total. The van der Waals surface area contributed by atoms with Crippen LogP contribution in [0.2, 0.25) is 0 Å². The van der Waals surface area contributed by atoms with E-state index in [2.05, 4.69) is 0 Å². The van der Waals surface area contributed by atoms with E-state index in [-0.39, 0.29) is 11.9 Å². The number of rotatable bonds is 4. The van der Waals surface area contributed by atoms with Gasteiger partial charge in [0.05, 0.1) is 0 Å². The number of methoxy groups -OCH3 is 1. The van der Waals surface area contributed by atoms with Gasteiger partial charge in [-0.1, -0.05) is 0 Å². The molecule has 0 aliphatic heterocycles. The topological polar surface area (TPSA) is 26.3 Å². The lowest BCUT2D eigenvalue weighted by Gasteiger charge is -2.06. The number of carbonyl (C=O) groups excluding carboxylic acids is 1. The first kappa shape index (κ1) is 7.73. The molecule has 0 aromatic rings. The summed E-state index contributed by atoms with van der Waals surface area (Å²) in [6.45, 7) is 1.81. The second-order valence-corrected chi connectivity index (χ2v) is 2.99. The lowest BCUT2D eigenvalue weighted by atomic mass is 10.1. The second-order valence-electron chi connectivity index (χ2n) is 2.99. The summed E-state index contributed by atoms with van der Waals surface area (Å²) in [5, 5.41) is 0. The van der Waals surface area contributed by atoms with Crippen molar-refractivity contribution < 1.29 is 9.53 Å². The molecule has 2 heteroatoms. The maximum absolute atomic E-state index is 11.1. The molecule has 0 aromatic carbocycles. The maximum atomic E-state index is 11.1. The predicted octanol–water partition coefficient (Wildman–Crippen LogP) is 1.39. The van der Waals surface area contributed by atoms with Gasteiger partial charge in [0.1, 0.15) is 6.10 Å². The van der Waals surface area contributed by atoms with Crippen molar-refractivity contribution in [2.24, 2.45) is 5.92 Å². The van der Waals surface area contributed by atoms with Gasteiger partial charge in [0.15, 0.2) is 5.78 Å². The number of ketones is 1. The van der Waals surface area contributed by atoms with Gasteiger partial charge in [-0.3, -0.25) is 4.79 Å². The number of ether oxygens (including phenoxy) is 1. The summed E-state index contributed by atoms with van der Waals surface area (Å²) in [5.74, 6) is 0.940. The first-order chi connectivity index (χ1) is 4.74. The van der Waals surface area contributed by atoms with Gasteiger partial charge in [0.2, 0.25) is 0 Å². The van der Waals surface area contributed by atoms with Gasteiger partial charge in [-0.25, -0.2) is 0 Å². The molecule has 0 radical (unpaired) electrons. The third kappa shape index (κ3) is 2.10. The van der Waals surface area contributed by atoms with Crippen LogP contribution in [-0.2, 0) is 9.53 Å². The quantitative estimate of drug-likeness (QED) is 0.593. The van der Waals surface area contributed by atoms with E-state index in [9.17, 15) is 4.79 Å². The Hall–Kier alpha value is -0.370. The van der Waals surface area contributed by atoms with Crippen molar-refractivity contribution in [2.45, 2.75) is 32.3 Å². The van der Waals surface area contributed by atoms with Gasteiger partial charge in [-0.2, -0.15) is 0 Å². The van der Waals surface area contributed by atoms with Crippen LogP contribution in [0.15, 0.2) is 0 Å². The molecule has 58 valence electrons. The summed E-state index contributed by atoms with van der Waals surface area (Å²) in [4.78, 5) is 11.1. The fourth-order valence-electron chi connectivity index (χ4n) is 0.904. The molecule has 0 heterocycles. The summed E-state index contributed by atoms with van der Waals surface area (Å²) in [6.07, 6.45) is 3.01. The third-order valence-corrected chi connectivity index (χ3v) is 1.99. The van der Waals surface area contributed by atoms with Crippen molar-refractivity contribution in [3.8, 4) is 0 Å². The molecule has 0 saturated heterocycles. The Morgan fingerprint density at radius 1 is 1.70 bits per heavy atom. The largest absolute Gasteiger partial charge is 0.374 e. The van der Waals surface area contributed by atoms with E-state index in [4.69, 9.17) is 4.74 Å². The average molecular weight is 142 g/mol. The van der Waals surface area contributed by atoms with E-state index in [0.29, 0.717) is 5.92 Å². The lowest BCUT2D eigenvalue weighted by molar-refractivity contribution is -0.128. The van der Waals surface area contributed by atoms with Crippen molar-refractivity contribution in [3.05, 3.63) is 0 Å². The zero-order valence-electron chi connectivity index (χ0n) is 6.59. The van der Waals surface area contributed by atoms with E-state index in [0.717, 1.165) is 6.42 Å². The molecule has 1 aliphatic rings. The van der Waals surface area contributed by atoms with Crippen LogP contribution >= 0.6 is 0 Å². The average Bonchev–Trinajstić information content (AvgIpc) is 2.70. The summed E-state index contributed by atoms with van der Waals surface area (Å²) >= 11 is 0. The Morgan fingerprint density at radius 2 is 2.30 bits per heavy atom. The first-order valence-electron chi connectivity index (χ1n) is 3.79. The number of hydrogen-bond donors (Lipinski definition) is 0. The van der Waals surface area contributed by atoms with E-state index >= 15 is 0 Å². The summed E-state index contributed by atoms with van der Waals surface area (Å²) in [7, 11) is 1.58. The monoisotopic (exact) mass is 142 g/mol. The molecule has 0 bridgehead atoms. The molecule has 1 fully saturated rings. The zero-order valence-corrected chi connectivity index (χ0v) is 6.59. The van der Waals surface area contributed by atoms with Crippen LogP contribution < -0.4 is 0 Å². The van der Waals surface area contributed by atoms with Crippen LogP contribution in [0, 0.1) is 5.92 Å². The van der Waals surface area contributed by atoms with Gasteiger partial charge in [-0.15, -0.1) is 0 Å². The number of carbonyl (C=O) groups is 1. The molecule has 2 nitrogen and oxygen atoms in total. The van der Waals surface area contributed by atoms with Crippen molar-refractivity contribution in [3.63, 3.8) is 0 Å². The van der Waals surface area contributed by atoms with Crippen molar-refractivity contribution in [2.75, 3.05) is 7.11 Å². The molecule has 1 atom stereocenters. The van der Waals surface area contributed by atoms with E-state index < -0.39 is 0 Å². The summed E-state index contributed by atoms with van der Waals surface area (Å²) in [6, 6.07) is 0. The molecule has 0 aromatic heterocycles. The predicted molar refractivity (Wildman–Crippen MR) is 38.8 cm³/mol. The fourth-order valence-corrected chi connectivity index (χ4v) is 0.904. The Balaban J connectivity index is 2.18.